The molecule has 2 heteroatoms. The molecule has 0 radical (unpaired) electrons. The summed E-state index contributed by atoms with van der Waals surface area (Å²) >= 11 is 0. The Labute approximate surface area is 125 Å². The second kappa shape index (κ2) is 7.80. The van der Waals surface area contributed by atoms with Crippen LogP contribution >= 0.6 is 0 Å². The minimum absolute atomic E-state index is 0.391. The molecule has 0 aliphatic carbocycles. The Kier molecular flexibility index (Phi) is 6.70. The molecule has 0 spiro atoms. The molecule has 114 valence electrons. The first-order valence-corrected chi connectivity index (χ1v) is 7.84. The molecule has 0 aliphatic heterocycles. The molecule has 0 bridgehead atoms. The van der Waals surface area contributed by atoms with Crippen LogP contribution in [0.1, 0.15) is 57.7 Å². The van der Waals surface area contributed by atoms with Crippen LogP contribution < -0.4 is 5.32 Å². The predicted molar refractivity (Wildman–Crippen MR) is 89.3 cm³/mol. The molecule has 0 amide bonds. The average Bonchev–Trinajstić information content (AvgIpc) is 2.43. The third-order valence-electron chi connectivity index (χ3n) is 4.48. The fourth-order valence-corrected chi connectivity index (χ4v) is 2.44. The van der Waals surface area contributed by atoms with Gasteiger partial charge in [-0.3, -0.25) is 0 Å². The van der Waals surface area contributed by atoms with Gasteiger partial charge in [0, 0.05) is 18.6 Å². The highest BCUT2D eigenvalue weighted by atomic mass is 15.1. The molecule has 0 saturated carbocycles. The van der Waals surface area contributed by atoms with E-state index in [0.29, 0.717) is 23.9 Å². The minimum Gasteiger partial charge on any atom is -0.312 e. The van der Waals surface area contributed by atoms with Crippen LogP contribution in [0.5, 0.6) is 0 Å². The summed E-state index contributed by atoms with van der Waals surface area (Å²) < 4.78 is 0. The molecule has 1 aromatic rings. The Morgan fingerprint density at radius 1 is 0.950 bits per heavy atom. The molecular weight excluding hydrogens is 244 g/mol. The van der Waals surface area contributed by atoms with Crippen molar-refractivity contribution in [2.45, 2.75) is 52.6 Å². The Morgan fingerprint density at radius 2 is 1.45 bits per heavy atom. The summed E-state index contributed by atoms with van der Waals surface area (Å²) in [6.07, 6.45) is 0. The molecule has 2 unspecified atom stereocenters. The predicted octanol–water partition coefficient (Wildman–Crippen LogP) is 4.05. The maximum absolute atomic E-state index is 3.45. The van der Waals surface area contributed by atoms with Gasteiger partial charge in [0.2, 0.25) is 0 Å². The fraction of sp³-hybridized carbons (Fsp3) is 0.667. The summed E-state index contributed by atoms with van der Waals surface area (Å²) in [5.41, 5.74) is 2.78. The summed E-state index contributed by atoms with van der Waals surface area (Å²) in [4.78, 5) is 2.45. The van der Waals surface area contributed by atoms with Crippen molar-refractivity contribution in [3.8, 4) is 0 Å². The van der Waals surface area contributed by atoms with Gasteiger partial charge in [0.25, 0.3) is 0 Å². The van der Waals surface area contributed by atoms with Gasteiger partial charge in [-0.1, -0.05) is 52.0 Å². The van der Waals surface area contributed by atoms with Crippen LogP contribution in [0.15, 0.2) is 24.3 Å². The van der Waals surface area contributed by atoms with Crippen LogP contribution in [0, 0.1) is 5.92 Å². The van der Waals surface area contributed by atoms with Crippen molar-refractivity contribution < 1.29 is 0 Å². The Morgan fingerprint density at radius 3 is 1.85 bits per heavy atom. The van der Waals surface area contributed by atoms with E-state index in [2.05, 4.69) is 83.2 Å². The van der Waals surface area contributed by atoms with Crippen molar-refractivity contribution in [3.05, 3.63) is 35.4 Å². The Bertz CT molecular complexity index is 381. The van der Waals surface area contributed by atoms with E-state index in [1.165, 1.54) is 11.1 Å². The summed E-state index contributed by atoms with van der Waals surface area (Å²) in [5, 5.41) is 3.45. The van der Waals surface area contributed by atoms with Crippen molar-refractivity contribution in [1.29, 1.82) is 0 Å². The second-order valence-corrected chi connectivity index (χ2v) is 6.59. The average molecular weight is 276 g/mol. The highest BCUT2D eigenvalue weighted by molar-refractivity contribution is 5.27. The monoisotopic (exact) mass is 276 g/mol. The fourth-order valence-electron chi connectivity index (χ4n) is 2.44. The molecule has 0 saturated heterocycles. The van der Waals surface area contributed by atoms with Gasteiger partial charge < -0.3 is 10.2 Å². The molecule has 1 aromatic carbocycles. The number of benzene rings is 1. The van der Waals surface area contributed by atoms with Gasteiger partial charge in [-0.05, 0) is 44.0 Å². The van der Waals surface area contributed by atoms with E-state index in [0.717, 1.165) is 6.54 Å². The maximum Gasteiger partial charge on any atom is 0.0446 e. The zero-order valence-corrected chi connectivity index (χ0v) is 14.3. The molecule has 2 atom stereocenters. The first-order valence-electron chi connectivity index (χ1n) is 7.84. The van der Waals surface area contributed by atoms with E-state index in [9.17, 15) is 0 Å². The van der Waals surface area contributed by atoms with Crippen molar-refractivity contribution in [2.75, 3.05) is 20.6 Å². The molecule has 1 N–H and O–H groups in total. The lowest BCUT2D eigenvalue weighted by Crippen LogP contribution is -2.39. The lowest BCUT2D eigenvalue weighted by molar-refractivity contribution is 0.190. The zero-order chi connectivity index (χ0) is 15.3. The quantitative estimate of drug-likeness (QED) is 0.808. The summed E-state index contributed by atoms with van der Waals surface area (Å²) in [5.74, 6) is 1.28. The van der Waals surface area contributed by atoms with Crippen molar-refractivity contribution in [2.24, 2.45) is 5.92 Å². The zero-order valence-electron chi connectivity index (χ0n) is 14.3. The van der Waals surface area contributed by atoms with Crippen LogP contribution in [0.2, 0.25) is 0 Å². The van der Waals surface area contributed by atoms with Gasteiger partial charge in [-0.2, -0.15) is 0 Å². The Balaban J connectivity index is 2.75. The number of nitrogens with zero attached hydrogens (tertiary/aromatic N) is 1. The number of hydrogen-bond acceptors (Lipinski definition) is 2. The van der Waals surface area contributed by atoms with E-state index in [4.69, 9.17) is 0 Å². The number of likely N-dealkylation sites (N-methyl/N-ethyl adjacent to an activating group) is 2. The Hall–Kier alpha value is -0.860. The number of hydrogen-bond donors (Lipinski definition) is 1. The van der Waals surface area contributed by atoms with E-state index in [1.54, 1.807) is 0 Å². The molecule has 1 rings (SSSR count). The molecular formula is C18H32N2. The van der Waals surface area contributed by atoms with Gasteiger partial charge in [-0.25, -0.2) is 0 Å². The van der Waals surface area contributed by atoms with E-state index < -0.39 is 0 Å². The van der Waals surface area contributed by atoms with Crippen molar-refractivity contribution >= 4 is 0 Å². The molecule has 0 heterocycles. The number of rotatable bonds is 7. The number of nitrogens with one attached hydrogen (secondary N) is 1. The second-order valence-electron chi connectivity index (χ2n) is 6.59. The summed E-state index contributed by atoms with van der Waals surface area (Å²) in [7, 11) is 4.27. The summed E-state index contributed by atoms with van der Waals surface area (Å²) in [6, 6.07) is 10.0. The highest BCUT2D eigenvalue weighted by Gasteiger charge is 2.18. The SMILES string of the molecule is CNC(CN(C)C(C)C(C)C)c1ccc(C(C)C)cc1. The van der Waals surface area contributed by atoms with Crippen LogP contribution in [0.3, 0.4) is 0 Å². The maximum atomic E-state index is 3.45. The molecule has 0 fully saturated rings. The normalized spacial score (nSPS) is 15.1. The largest absolute Gasteiger partial charge is 0.312 e. The third kappa shape index (κ3) is 4.60. The first kappa shape index (κ1) is 17.2. The van der Waals surface area contributed by atoms with E-state index in [-0.39, 0.29) is 0 Å². The van der Waals surface area contributed by atoms with Crippen molar-refractivity contribution in [3.63, 3.8) is 0 Å². The van der Waals surface area contributed by atoms with Gasteiger partial charge in [0.05, 0.1) is 0 Å². The van der Waals surface area contributed by atoms with Crippen LogP contribution in [0.25, 0.3) is 0 Å². The van der Waals surface area contributed by atoms with Crippen molar-refractivity contribution in [1.82, 2.24) is 10.2 Å². The molecule has 0 aromatic heterocycles. The van der Waals surface area contributed by atoms with E-state index >= 15 is 0 Å². The van der Waals surface area contributed by atoms with Gasteiger partial charge in [-0.15, -0.1) is 0 Å². The topological polar surface area (TPSA) is 15.3 Å². The smallest absolute Gasteiger partial charge is 0.0446 e. The van der Waals surface area contributed by atoms with Crippen LogP contribution in [-0.4, -0.2) is 31.6 Å². The lowest BCUT2D eigenvalue weighted by Gasteiger charge is -2.31. The first-order chi connectivity index (χ1) is 9.36. The molecule has 2 nitrogen and oxygen atoms in total. The molecule has 0 aliphatic rings. The van der Waals surface area contributed by atoms with Crippen LogP contribution in [-0.2, 0) is 0 Å². The van der Waals surface area contributed by atoms with Gasteiger partial charge in [0.15, 0.2) is 0 Å². The third-order valence-corrected chi connectivity index (χ3v) is 4.48. The summed E-state index contributed by atoms with van der Waals surface area (Å²) in [6.45, 7) is 12.4. The van der Waals surface area contributed by atoms with Gasteiger partial charge >= 0.3 is 0 Å². The molecule has 20 heavy (non-hydrogen) atoms. The standard InChI is InChI=1S/C18H32N2/c1-13(2)15(5)20(7)12-18(19-6)17-10-8-16(9-11-17)14(3)4/h8-11,13-15,18-19H,12H2,1-7H3. The lowest BCUT2D eigenvalue weighted by atomic mass is 9.98. The minimum atomic E-state index is 0.391. The highest BCUT2D eigenvalue weighted by Crippen LogP contribution is 2.20. The van der Waals surface area contributed by atoms with Gasteiger partial charge in [0.1, 0.15) is 0 Å². The van der Waals surface area contributed by atoms with Crippen LogP contribution in [0.4, 0.5) is 0 Å². The van der Waals surface area contributed by atoms with E-state index in [1.807, 2.05) is 0 Å².